The minimum atomic E-state index is 0.358. The molecule has 2 heterocycles. The molecule has 0 atom stereocenters. The lowest BCUT2D eigenvalue weighted by molar-refractivity contribution is 0.936. The van der Waals surface area contributed by atoms with E-state index in [0.29, 0.717) is 26.7 Å². The average molecular weight is 300 g/mol. The van der Waals surface area contributed by atoms with Crippen molar-refractivity contribution in [2.75, 3.05) is 0 Å². The largest absolute Gasteiger partial charge is 0.191 e. The number of halogens is 3. The van der Waals surface area contributed by atoms with Gasteiger partial charge in [0.05, 0.1) is 0 Å². The Hall–Kier alpha value is -1.36. The highest BCUT2D eigenvalue weighted by molar-refractivity contribution is 6.35. The zero-order valence-electron chi connectivity index (χ0n) is 8.81. The number of nitrogens with zero attached hydrogens (tertiary/aromatic N) is 4. The summed E-state index contributed by atoms with van der Waals surface area (Å²) >= 11 is 17.8. The summed E-state index contributed by atoms with van der Waals surface area (Å²) in [6.07, 6.45) is 0. The third kappa shape index (κ3) is 2.03. The van der Waals surface area contributed by atoms with Crippen molar-refractivity contribution in [1.29, 1.82) is 0 Å². The third-order valence-corrected chi connectivity index (χ3v) is 2.99. The molecule has 0 unspecified atom stereocenters. The first-order valence-electron chi connectivity index (χ1n) is 4.98. The molecule has 0 saturated carbocycles. The lowest BCUT2D eigenvalue weighted by atomic mass is 10.2. The molecule has 0 aliphatic heterocycles. The molecule has 4 nitrogen and oxygen atoms in total. The highest BCUT2D eigenvalue weighted by atomic mass is 35.5. The van der Waals surface area contributed by atoms with E-state index in [-0.39, 0.29) is 0 Å². The molecule has 0 spiro atoms. The minimum Gasteiger partial charge on any atom is -0.191 e. The van der Waals surface area contributed by atoms with Gasteiger partial charge in [0.1, 0.15) is 5.15 Å². The molecule has 0 bridgehead atoms. The number of aromatic nitrogens is 4. The van der Waals surface area contributed by atoms with Gasteiger partial charge in [0.15, 0.2) is 11.5 Å². The van der Waals surface area contributed by atoms with Gasteiger partial charge in [0, 0.05) is 15.6 Å². The van der Waals surface area contributed by atoms with Crippen molar-refractivity contribution in [3.63, 3.8) is 0 Å². The van der Waals surface area contributed by atoms with Crippen LogP contribution < -0.4 is 0 Å². The van der Waals surface area contributed by atoms with Crippen molar-refractivity contribution in [3.05, 3.63) is 45.5 Å². The lowest BCUT2D eigenvalue weighted by Crippen LogP contribution is -1.94. The van der Waals surface area contributed by atoms with Crippen LogP contribution >= 0.6 is 34.8 Å². The van der Waals surface area contributed by atoms with E-state index in [9.17, 15) is 0 Å². The van der Waals surface area contributed by atoms with Crippen molar-refractivity contribution >= 4 is 40.4 Å². The normalized spacial score (nSPS) is 11.1. The molecule has 7 heteroatoms. The Balaban J connectivity index is 2.27. The number of benzene rings is 1. The number of fused-ring (bicyclic) bond motifs is 1. The summed E-state index contributed by atoms with van der Waals surface area (Å²) in [7, 11) is 0. The lowest BCUT2D eigenvalue weighted by Gasteiger charge is -2.01. The maximum Gasteiger partial charge on any atom is 0.185 e. The predicted octanol–water partition coefficient (Wildman–Crippen LogP) is 3.75. The van der Waals surface area contributed by atoms with Gasteiger partial charge in [-0.1, -0.05) is 34.8 Å². The van der Waals surface area contributed by atoms with Crippen LogP contribution in [0.2, 0.25) is 15.2 Å². The van der Waals surface area contributed by atoms with Crippen LogP contribution in [0, 0.1) is 0 Å². The Labute approximate surface area is 117 Å². The highest BCUT2D eigenvalue weighted by Gasteiger charge is 2.11. The Morgan fingerprint density at radius 1 is 0.889 bits per heavy atom. The quantitative estimate of drug-likeness (QED) is 0.687. The maximum atomic E-state index is 5.96. The van der Waals surface area contributed by atoms with Gasteiger partial charge in [-0.15, -0.1) is 10.2 Å². The Morgan fingerprint density at radius 3 is 2.33 bits per heavy atom. The first-order chi connectivity index (χ1) is 8.63. The van der Waals surface area contributed by atoms with Crippen LogP contribution in [0.1, 0.15) is 0 Å². The van der Waals surface area contributed by atoms with Crippen molar-refractivity contribution in [2.45, 2.75) is 0 Å². The van der Waals surface area contributed by atoms with E-state index in [1.807, 2.05) is 0 Å². The van der Waals surface area contributed by atoms with Crippen LogP contribution in [0.25, 0.3) is 17.0 Å². The number of hydrogen-bond acceptors (Lipinski definition) is 3. The summed E-state index contributed by atoms with van der Waals surface area (Å²) < 4.78 is 1.55. The van der Waals surface area contributed by atoms with E-state index in [2.05, 4.69) is 15.3 Å². The standard InChI is InChI=1S/C11H5Cl3N4/c12-7-3-6(4-8(13)5-7)11-16-15-10-2-1-9(14)17-18(10)11/h1-5H. The van der Waals surface area contributed by atoms with Crippen LogP contribution in [-0.2, 0) is 0 Å². The van der Waals surface area contributed by atoms with Gasteiger partial charge < -0.3 is 0 Å². The van der Waals surface area contributed by atoms with Crippen molar-refractivity contribution in [3.8, 4) is 11.4 Å². The zero-order chi connectivity index (χ0) is 12.7. The molecule has 90 valence electrons. The number of hydrogen-bond donors (Lipinski definition) is 0. The molecule has 3 aromatic rings. The van der Waals surface area contributed by atoms with Crippen LogP contribution in [-0.4, -0.2) is 19.8 Å². The topological polar surface area (TPSA) is 43.1 Å². The fourth-order valence-electron chi connectivity index (χ4n) is 1.63. The Kier molecular flexibility index (Phi) is 2.86. The highest BCUT2D eigenvalue weighted by Crippen LogP contribution is 2.26. The summed E-state index contributed by atoms with van der Waals surface area (Å²) in [5.74, 6) is 0.539. The van der Waals surface area contributed by atoms with Crippen LogP contribution in [0.4, 0.5) is 0 Å². The molecule has 2 aromatic heterocycles. The van der Waals surface area contributed by atoms with Gasteiger partial charge in [-0.3, -0.25) is 0 Å². The maximum absolute atomic E-state index is 5.96. The summed E-state index contributed by atoms with van der Waals surface area (Å²) in [5.41, 5.74) is 1.33. The average Bonchev–Trinajstić information content (AvgIpc) is 2.70. The second kappa shape index (κ2) is 4.39. The summed E-state index contributed by atoms with van der Waals surface area (Å²) in [6.45, 7) is 0. The molecule has 0 aliphatic carbocycles. The van der Waals surface area contributed by atoms with Crippen molar-refractivity contribution in [2.24, 2.45) is 0 Å². The molecule has 0 aliphatic rings. The second-order valence-corrected chi connectivity index (χ2v) is 4.87. The zero-order valence-corrected chi connectivity index (χ0v) is 11.1. The van der Waals surface area contributed by atoms with E-state index in [4.69, 9.17) is 34.8 Å². The summed E-state index contributed by atoms with van der Waals surface area (Å²) in [6, 6.07) is 8.52. The van der Waals surface area contributed by atoms with E-state index >= 15 is 0 Å². The monoisotopic (exact) mass is 298 g/mol. The molecule has 0 radical (unpaired) electrons. The molecule has 0 fully saturated rings. The van der Waals surface area contributed by atoms with Gasteiger partial charge in [-0.25, -0.2) is 0 Å². The van der Waals surface area contributed by atoms with Gasteiger partial charge in [-0.2, -0.15) is 9.61 Å². The molecule has 3 rings (SSSR count). The van der Waals surface area contributed by atoms with Gasteiger partial charge in [0.2, 0.25) is 0 Å². The van der Waals surface area contributed by atoms with E-state index in [1.54, 1.807) is 34.8 Å². The van der Waals surface area contributed by atoms with Crippen LogP contribution in [0.5, 0.6) is 0 Å². The van der Waals surface area contributed by atoms with Gasteiger partial charge in [-0.05, 0) is 30.3 Å². The Bertz CT molecular complexity index is 718. The second-order valence-electron chi connectivity index (χ2n) is 3.61. The molecular weight excluding hydrogens is 295 g/mol. The van der Waals surface area contributed by atoms with Crippen molar-refractivity contribution in [1.82, 2.24) is 19.8 Å². The minimum absolute atomic E-state index is 0.358. The first kappa shape index (κ1) is 11.7. The fourth-order valence-corrected chi connectivity index (χ4v) is 2.29. The first-order valence-corrected chi connectivity index (χ1v) is 6.11. The van der Waals surface area contributed by atoms with E-state index in [1.165, 1.54) is 0 Å². The van der Waals surface area contributed by atoms with Gasteiger partial charge in [0.25, 0.3) is 0 Å². The van der Waals surface area contributed by atoms with Crippen LogP contribution in [0.3, 0.4) is 0 Å². The smallest absolute Gasteiger partial charge is 0.185 e. The molecule has 0 amide bonds. The SMILES string of the molecule is Clc1cc(Cl)cc(-c2nnc3ccc(Cl)nn23)c1. The molecule has 18 heavy (non-hydrogen) atoms. The number of rotatable bonds is 1. The predicted molar refractivity (Wildman–Crippen MR) is 71.2 cm³/mol. The fraction of sp³-hybridized carbons (Fsp3) is 0. The molecular formula is C11H5Cl3N4. The van der Waals surface area contributed by atoms with Gasteiger partial charge >= 0.3 is 0 Å². The van der Waals surface area contributed by atoms with E-state index in [0.717, 1.165) is 5.56 Å². The van der Waals surface area contributed by atoms with Crippen LogP contribution in [0.15, 0.2) is 30.3 Å². The van der Waals surface area contributed by atoms with E-state index < -0.39 is 0 Å². The van der Waals surface area contributed by atoms with Crippen molar-refractivity contribution < 1.29 is 0 Å². The third-order valence-electron chi connectivity index (χ3n) is 2.35. The molecule has 0 saturated heterocycles. The molecule has 0 N–H and O–H groups in total. The summed E-state index contributed by atoms with van der Waals surface area (Å²) in [5, 5.41) is 13.6. The summed E-state index contributed by atoms with van der Waals surface area (Å²) in [4.78, 5) is 0. The Morgan fingerprint density at radius 2 is 1.61 bits per heavy atom. The molecule has 1 aromatic carbocycles.